The zero-order valence-corrected chi connectivity index (χ0v) is 18.7. The van der Waals surface area contributed by atoms with Crippen LogP contribution in [0.5, 0.6) is 0 Å². The van der Waals surface area contributed by atoms with E-state index in [2.05, 4.69) is 25.3 Å². The third-order valence-corrected chi connectivity index (χ3v) is 6.54. The number of aryl methyl sites for hydroxylation is 2. The van der Waals surface area contributed by atoms with Crippen molar-refractivity contribution in [3.63, 3.8) is 0 Å². The third-order valence-electron chi connectivity index (χ3n) is 5.51. The minimum atomic E-state index is -0.136. The maximum absolute atomic E-state index is 13.0. The van der Waals surface area contributed by atoms with Gasteiger partial charge in [0.15, 0.2) is 0 Å². The maximum Gasteiger partial charge on any atom is 0.254 e. The highest BCUT2D eigenvalue weighted by Gasteiger charge is 2.18. The molecule has 7 nitrogen and oxygen atoms in total. The van der Waals surface area contributed by atoms with Gasteiger partial charge in [-0.25, -0.2) is 9.97 Å². The van der Waals surface area contributed by atoms with E-state index in [1.807, 2.05) is 38.2 Å². The Kier molecular flexibility index (Phi) is 6.86. The molecule has 0 bridgehead atoms. The van der Waals surface area contributed by atoms with Gasteiger partial charge in [0.25, 0.3) is 5.91 Å². The van der Waals surface area contributed by atoms with E-state index in [0.717, 1.165) is 41.5 Å². The lowest BCUT2D eigenvalue weighted by molar-refractivity contribution is 0.0947. The Bertz CT molecular complexity index is 1030. The molecule has 1 saturated heterocycles. The van der Waals surface area contributed by atoms with Gasteiger partial charge < -0.3 is 14.7 Å². The number of nitrogens with zero attached hydrogens (tertiary/aromatic N) is 4. The van der Waals surface area contributed by atoms with Crippen LogP contribution in [-0.2, 0) is 12.3 Å². The van der Waals surface area contributed by atoms with Gasteiger partial charge in [0.05, 0.1) is 11.3 Å². The second-order valence-electron chi connectivity index (χ2n) is 7.66. The van der Waals surface area contributed by atoms with Crippen LogP contribution in [0.1, 0.15) is 52.2 Å². The highest BCUT2D eigenvalue weighted by atomic mass is 32.2. The van der Waals surface area contributed by atoms with Gasteiger partial charge in [0, 0.05) is 48.9 Å². The van der Waals surface area contributed by atoms with Gasteiger partial charge in [-0.2, -0.15) is 0 Å². The zero-order valence-electron chi connectivity index (χ0n) is 17.9. The number of carbonyl (C=O) groups excluding carboxylic acids is 1. The summed E-state index contributed by atoms with van der Waals surface area (Å²) in [6.07, 6.45) is 7.17. The summed E-state index contributed by atoms with van der Waals surface area (Å²) in [5.41, 5.74) is 3.52. The molecular formula is C23H27N5O2S. The van der Waals surface area contributed by atoms with Gasteiger partial charge in [-0.3, -0.25) is 4.79 Å². The molecule has 0 unspecified atom stereocenters. The summed E-state index contributed by atoms with van der Waals surface area (Å²) in [6, 6.07) is 7.56. The van der Waals surface area contributed by atoms with E-state index in [1.54, 1.807) is 12.3 Å². The van der Waals surface area contributed by atoms with Crippen molar-refractivity contribution < 1.29 is 9.32 Å². The average Bonchev–Trinajstić information content (AvgIpc) is 3.14. The Balaban J connectivity index is 1.44. The molecule has 0 spiro atoms. The van der Waals surface area contributed by atoms with Gasteiger partial charge in [0.2, 0.25) is 0 Å². The fourth-order valence-electron chi connectivity index (χ4n) is 3.76. The fourth-order valence-corrected chi connectivity index (χ4v) is 4.90. The molecule has 31 heavy (non-hydrogen) atoms. The van der Waals surface area contributed by atoms with Crippen molar-refractivity contribution in [3.05, 3.63) is 64.8 Å². The molecule has 8 heteroatoms. The fraction of sp³-hybridized carbons (Fsp3) is 0.391. The van der Waals surface area contributed by atoms with E-state index in [1.165, 1.54) is 31.0 Å². The van der Waals surface area contributed by atoms with E-state index in [0.29, 0.717) is 22.9 Å². The van der Waals surface area contributed by atoms with Crippen LogP contribution in [0, 0.1) is 13.8 Å². The Morgan fingerprint density at radius 3 is 2.68 bits per heavy atom. The minimum Gasteiger partial charge on any atom is -0.361 e. The number of pyridine rings is 2. The lowest BCUT2D eigenvalue weighted by atomic mass is 10.1. The third kappa shape index (κ3) is 5.07. The van der Waals surface area contributed by atoms with Crippen molar-refractivity contribution in [1.82, 2.24) is 20.4 Å². The number of hydrogen-bond acceptors (Lipinski definition) is 7. The zero-order chi connectivity index (χ0) is 21.6. The van der Waals surface area contributed by atoms with Crippen LogP contribution >= 0.6 is 11.8 Å². The molecule has 1 amide bonds. The second-order valence-corrected chi connectivity index (χ2v) is 8.63. The number of piperidine rings is 1. The van der Waals surface area contributed by atoms with Crippen molar-refractivity contribution in [2.75, 3.05) is 18.0 Å². The molecule has 4 rings (SSSR count). The Morgan fingerprint density at radius 2 is 1.90 bits per heavy atom. The molecule has 3 aromatic heterocycles. The summed E-state index contributed by atoms with van der Waals surface area (Å²) in [5.74, 6) is 2.29. The van der Waals surface area contributed by atoms with E-state index in [9.17, 15) is 4.79 Å². The molecule has 1 fully saturated rings. The van der Waals surface area contributed by atoms with E-state index < -0.39 is 0 Å². The summed E-state index contributed by atoms with van der Waals surface area (Å²) in [5, 5.41) is 7.76. The van der Waals surface area contributed by atoms with Gasteiger partial charge in [-0.15, -0.1) is 11.8 Å². The summed E-state index contributed by atoms with van der Waals surface area (Å²) < 4.78 is 5.24. The molecule has 0 saturated carbocycles. The topological polar surface area (TPSA) is 84.1 Å². The standard InChI is InChI=1S/C23H27N5O2S/c1-16-20(17(2)30-27-16)15-31-23-19(9-7-11-25-23)22(29)26-14-18-8-6-10-24-21(18)28-12-4-3-5-13-28/h6-11H,3-5,12-15H2,1-2H3,(H,26,29). The highest BCUT2D eigenvalue weighted by Crippen LogP contribution is 2.27. The molecule has 4 heterocycles. The molecule has 1 aliphatic rings. The predicted octanol–water partition coefficient (Wildman–Crippen LogP) is 4.29. The smallest absolute Gasteiger partial charge is 0.254 e. The maximum atomic E-state index is 13.0. The first-order valence-corrected chi connectivity index (χ1v) is 11.6. The minimum absolute atomic E-state index is 0.136. The van der Waals surface area contributed by atoms with Crippen molar-refractivity contribution in [2.24, 2.45) is 0 Å². The van der Waals surface area contributed by atoms with Crippen LogP contribution < -0.4 is 10.2 Å². The summed E-state index contributed by atoms with van der Waals surface area (Å²) in [6.45, 7) is 6.29. The molecule has 0 atom stereocenters. The summed E-state index contributed by atoms with van der Waals surface area (Å²) in [7, 11) is 0. The summed E-state index contributed by atoms with van der Waals surface area (Å²) in [4.78, 5) is 24.3. The van der Waals surface area contributed by atoms with Crippen LogP contribution in [0.4, 0.5) is 5.82 Å². The van der Waals surface area contributed by atoms with E-state index in [4.69, 9.17) is 4.52 Å². The number of carbonyl (C=O) groups is 1. The average molecular weight is 438 g/mol. The molecule has 3 aromatic rings. The first-order chi connectivity index (χ1) is 15.1. The van der Waals surface area contributed by atoms with Crippen LogP contribution in [0.25, 0.3) is 0 Å². The first-order valence-electron chi connectivity index (χ1n) is 10.6. The largest absolute Gasteiger partial charge is 0.361 e. The number of hydrogen-bond donors (Lipinski definition) is 1. The SMILES string of the molecule is Cc1noc(C)c1CSc1ncccc1C(=O)NCc1cccnc1N1CCCCC1. The highest BCUT2D eigenvalue weighted by molar-refractivity contribution is 7.98. The predicted molar refractivity (Wildman–Crippen MR) is 121 cm³/mol. The van der Waals surface area contributed by atoms with E-state index >= 15 is 0 Å². The molecule has 0 radical (unpaired) electrons. The number of amides is 1. The Morgan fingerprint density at radius 1 is 1.13 bits per heavy atom. The number of rotatable bonds is 7. The molecule has 1 N–H and O–H groups in total. The quantitative estimate of drug-likeness (QED) is 0.552. The van der Waals surface area contributed by atoms with Gasteiger partial charge in [-0.1, -0.05) is 11.2 Å². The first kappa shape index (κ1) is 21.4. The van der Waals surface area contributed by atoms with Gasteiger partial charge in [0.1, 0.15) is 16.6 Å². The van der Waals surface area contributed by atoms with Crippen molar-refractivity contribution in [1.29, 1.82) is 0 Å². The van der Waals surface area contributed by atoms with Gasteiger partial charge >= 0.3 is 0 Å². The molecule has 0 aromatic carbocycles. The monoisotopic (exact) mass is 437 g/mol. The lowest BCUT2D eigenvalue weighted by Gasteiger charge is -2.29. The van der Waals surface area contributed by atoms with Crippen molar-refractivity contribution in [3.8, 4) is 0 Å². The number of aromatic nitrogens is 3. The summed E-state index contributed by atoms with van der Waals surface area (Å²) >= 11 is 1.52. The van der Waals surface area contributed by atoms with Gasteiger partial charge in [-0.05, 0) is 51.3 Å². The Hall–Kier alpha value is -2.87. The molecular weight excluding hydrogens is 410 g/mol. The van der Waals surface area contributed by atoms with Crippen molar-refractivity contribution >= 4 is 23.5 Å². The van der Waals surface area contributed by atoms with Crippen LogP contribution in [0.3, 0.4) is 0 Å². The van der Waals surface area contributed by atoms with Crippen molar-refractivity contribution in [2.45, 2.75) is 50.4 Å². The second kappa shape index (κ2) is 9.96. The van der Waals surface area contributed by atoms with Crippen LogP contribution in [-0.4, -0.2) is 34.1 Å². The van der Waals surface area contributed by atoms with Crippen LogP contribution in [0.15, 0.2) is 46.2 Å². The number of anilines is 1. The lowest BCUT2D eigenvalue weighted by Crippen LogP contribution is -2.32. The molecule has 162 valence electrons. The normalized spacial score (nSPS) is 13.9. The number of nitrogens with one attached hydrogen (secondary N) is 1. The molecule has 1 aliphatic heterocycles. The molecule has 0 aliphatic carbocycles. The van der Waals surface area contributed by atoms with E-state index in [-0.39, 0.29) is 5.91 Å². The van der Waals surface area contributed by atoms with Crippen LogP contribution in [0.2, 0.25) is 0 Å². The number of thioether (sulfide) groups is 1. The Labute approximate surface area is 186 Å².